The van der Waals surface area contributed by atoms with E-state index < -0.39 is 9.84 Å². The molecule has 0 amide bonds. The van der Waals surface area contributed by atoms with Crippen molar-refractivity contribution in [3.63, 3.8) is 0 Å². The fourth-order valence-corrected chi connectivity index (χ4v) is 3.37. The van der Waals surface area contributed by atoms with Gasteiger partial charge in [0.05, 0.1) is 40.9 Å². The monoisotopic (exact) mass is 361 g/mol. The zero-order chi connectivity index (χ0) is 17.9. The largest absolute Gasteiger partial charge is 0.380 e. The van der Waals surface area contributed by atoms with Crippen molar-refractivity contribution in [3.05, 3.63) is 36.3 Å². The molecule has 0 aliphatic heterocycles. The lowest BCUT2D eigenvalue weighted by Crippen LogP contribution is -2.11. The molecule has 6 nitrogen and oxygen atoms in total. The molecule has 0 saturated carbocycles. The summed E-state index contributed by atoms with van der Waals surface area (Å²) < 4.78 is 27.6. The number of ether oxygens (including phenoxy) is 1. The van der Waals surface area contributed by atoms with Crippen molar-refractivity contribution in [1.82, 2.24) is 15.0 Å². The van der Waals surface area contributed by atoms with Gasteiger partial charge >= 0.3 is 0 Å². The number of para-hydroxylation sites is 1. The van der Waals surface area contributed by atoms with Gasteiger partial charge in [0.1, 0.15) is 9.84 Å². The molecule has 0 aliphatic rings. The fraction of sp³-hybridized carbons (Fsp3) is 0.444. The van der Waals surface area contributed by atoms with E-state index in [4.69, 9.17) is 9.72 Å². The Labute approximate surface area is 147 Å². The van der Waals surface area contributed by atoms with Crippen LogP contribution in [0.15, 0.2) is 30.6 Å². The summed E-state index contributed by atoms with van der Waals surface area (Å²) >= 11 is 0. The van der Waals surface area contributed by atoms with Gasteiger partial charge in [-0.05, 0) is 18.9 Å². The van der Waals surface area contributed by atoms with E-state index in [-0.39, 0.29) is 18.3 Å². The van der Waals surface area contributed by atoms with Gasteiger partial charge in [-0.1, -0.05) is 25.1 Å². The predicted octanol–water partition coefficient (Wildman–Crippen LogP) is 3.06. The second kappa shape index (κ2) is 7.49. The molecule has 1 atom stereocenters. The Balaban J connectivity index is 1.65. The van der Waals surface area contributed by atoms with Gasteiger partial charge in [0.2, 0.25) is 0 Å². The van der Waals surface area contributed by atoms with E-state index in [2.05, 4.69) is 16.9 Å². The lowest BCUT2D eigenvalue weighted by Gasteiger charge is -2.13. The topological polar surface area (TPSA) is 84.9 Å². The summed E-state index contributed by atoms with van der Waals surface area (Å²) in [6.45, 7) is 2.96. The van der Waals surface area contributed by atoms with Gasteiger partial charge in [-0.2, -0.15) is 0 Å². The van der Waals surface area contributed by atoms with Crippen LogP contribution >= 0.6 is 0 Å². The Morgan fingerprint density at radius 1 is 1.24 bits per heavy atom. The van der Waals surface area contributed by atoms with E-state index in [0.717, 1.165) is 40.5 Å². The predicted molar refractivity (Wildman–Crippen MR) is 99.6 cm³/mol. The molecule has 3 rings (SSSR count). The fourth-order valence-electron chi connectivity index (χ4n) is 2.95. The Kier molecular flexibility index (Phi) is 5.34. The molecule has 134 valence electrons. The maximum atomic E-state index is 11.1. The summed E-state index contributed by atoms with van der Waals surface area (Å²) in [4.78, 5) is 12.5. The second-order valence-corrected chi connectivity index (χ2v) is 8.69. The minimum Gasteiger partial charge on any atom is -0.380 e. The number of hydrogen-bond donors (Lipinski definition) is 1. The maximum Gasteiger partial charge on any atom is 0.149 e. The number of nitrogens with zero attached hydrogens (tertiary/aromatic N) is 2. The molecule has 3 aromatic rings. The van der Waals surface area contributed by atoms with Gasteiger partial charge in [-0.15, -0.1) is 0 Å². The van der Waals surface area contributed by atoms with Crippen molar-refractivity contribution in [1.29, 1.82) is 0 Å². The number of rotatable bonds is 8. The van der Waals surface area contributed by atoms with Gasteiger partial charge in [-0.25, -0.2) is 13.4 Å². The first-order valence-corrected chi connectivity index (χ1v) is 10.5. The van der Waals surface area contributed by atoms with Crippen LogP contribution in [0.1, 0.15) is 31.4 Å². The van der Waals surface area contributed by atoms with Gasteiger partial charge in [0.15, 0.2) is 0 Å². The lowest BCUT2D eigenvalue weighted by atomic mass is 9.99. The number of hydrogen-bond acceptors (Lipinski definition) is 5. The molecule has 1 N–H and O–H groups in total. The molecular formula is C18H23N3O3S. The number of imidazole rings is 1. The maximum absolute atomic E-state index is 11.1. The third-order valence-corrected chi connectivity index (χ3v) is 5.19. The zero-order valence-corrected chi connectivity index (χ0v) is 15.3. The number of benzene rings is 1. The Morgan fingerprint density at radius 2 is 2.04 bits per heavy atom. The highest BCUT2D eigenvalue weighted by Crippen LogP contribution is 2.29. The van der Waals surface area contributed by atoms with Crippen molar-refractivity contribution >= 4 is 31.8 Å². The second-order valence-electron chi connectivity index (χ2n) is 6.43. The number of nitrogens with one attached hydrogen (secondary N) is 1. The van der Waals surface area contributed by atoms with Crippen LogP contribution in [0, 0.1) is 0 Å². The molecule has 0 spiro atoms. The zero-order valence-electron chi connectivity index (χ0n) is 14.5. The molecule has 0 bridgehead atoms. The highest BCUT2D eigenvalue weighted by Gasteiger charge is 2.15. The number of aromatic amines is 1. The SMILES string of the molecule is CC(CCCOCCS(C)(=O)=O)c1nc2ccccc2c2nc[nH]c12. The highest BCUT2D eigenvalue weighted by molar-refractivity contribution is 7.90. The van der Waals surface area contributed by atoms with Crippen molar-refractivity contribution in [3.8, 4) is 0 Å². The van der Waals surface area contributed by atoms with Crippen LogP contribution in [0.4, 0.5) is 0 Å². The molecule has 0 radical (unpaired) electrons. The summed E-state index contributed by atoms with van der Waals surface area (Å²) in [5.41, 5.74) is 3.91. The normalized spacial score (nSPS) is 13.5. The van der Waals surface area contributed by atoms with Gasteiger partial charge in [0, 0.05) is 24.2 Å². The van der Waals surface area contributed by atoms with Crippen LogP contribution < -0.4 is 0 Å². The Hall–Kier alpha value is -1.99. The number of aromatic nitrogens is 3. The molecule has 2 aromatic heterocycles. The minimum absolute atomic E-state index is 0.0730. The summed E-state index contributed by atoms with van der Waals surface area (Å²) in [6, 6.07) is 8.02. The smallest absolute Gasteiger partial charge is 0.149 e. The van der Waals surface area contributed by atoms with Crippen LogP contribution in [0.25, 0.3) is 21.9 Å². The standard InChI is InChI=1S/C18H23N3O3S/c1-13(6-5-9-24-10-11-25(2,22)23)16-18-17(19-12-20-18)14-7-3-4-8-15(14)21-16/h3-4,7-8,12-13H,5-6,9-11H2,1-2H3,(H,19,20). The highest BCUT2D eigenvalue weighted by atomic mass is 32.2. The quantitative estimate of drug-likeness (QED) is 0.623. The molecule has 25 heavy (non-hydrogen) atoms. The molecule has 0 saturated heterocycles. The van der Waals surface area contributed by atoms with E-state index in [0.29, 0.717) is 6.61 Å². The van der Waals surface area contributed by atoms with Crippen molar-refractivity contribution in [2.45, 2.75) is 25.7 Å². The van der Waals surface area contributed by atoms with Gasteiger partial charge < -0.3 is 9.72 Å². The van der Waals surface area contributed by atoms with E-state index in [1.165, 1.54) is 6.26 Å². The van der Waals surface area contributed by atoms with Crippen LogP contribution in [-0.4, -0.2) is 48.6 Å². The number of sulfone groups is 1. The third kappa shape index (κ3) is 4.35. The summed E-state index contributed by atoms with van der Waals surface area (Å²) in [6.07, 6.45) is 4.70. The van der Waals surface area contributed by atoms with Crippen LogP contribution in [0.5, 0.6) is 0 Å². The van der Waals surface area contributed by atoms with Crippen molar-refractivity contribution < 1.29 is 13.2 Å². The minimum atomic E-state index is -2.96. The summed E-state index contributed by atoms with van der Waals surface area (Å²) in [5.74, 6) is 0.329. The summed E-state index contributed by atoms with van der Waals surface area (Å²) in [5, 5.41) is 1.05. The van der Waals surface area contributed by atoms with Crippen LogP contribution in [0.3, 0.4) is 0 Å². The molecule has 7 heteroatoms. The van der Waals surface area contributed by atoms with E-state index in [1.807, 2.05) is 24.3 Å². The average Bonchev–Trinajstić information content (AvgIpc) is 3.06. The molecular weight excluding hydrogens is 338 g/mol. The first-order chi connectivity index (χ1) is 12.0. The van der Waals surface area contributed by atoms with Crippen molar-refractivity contribution in [2.75, 3.05) is 25.2 Å². The molecule has 1 aromatic carbocycles. The van der Waals surface area contributed by atoms with Crippen LogP contribution in [0.2, 0.25) is 0 Å². The van der Waals surface area contributed by atoms with E-state index in [1.54, 1.807) is 6.33 Å². The van der Waals surface area contributed by atoms with E-state index >= 15 is 0 Å². The molecule has 2 heterocycles. The molecule has 0 aliphatic carbocycles. The third-order valence-electron chi connectivity index (χ3n) is 4.29. The molecule has 1 unspecified atom stereocenters. The lowest BCUT2D eigenvalue weighted by molar-refractivity contribution is 0.143. The van der Waals surface area contributed by atoms with E-state index in [9.17, 15) is 8.42 Å². The summed E-state index contributed by atoms with van der Waals surface area (Å²) in [7, 11) is -2.96. The Morgan fingerprint density at radius 3 is 2.84 bits per heavy atom. The number of pyridine rings is 1. The van der Waals surface area contributed by atoms with Gasteiger partial charge in [-0.3, -0.25) is 4.98 Å². The number of fused-ring (bicyclic) bond motifs is 3. The average molecular weight is 361 g/mol. The number of H-pyrrole nitrogens is 1. The van der Waals surface area contributed by atoms with Gasteiger partial charge in [0.25, 0.3) is 0 Å². The van der Waals surface area contributed by atoms with Crippen LogP contribution in [-0.2, 0) is 14.6 Å². The Bertz CT molecular complexity index is 966. The first kappa shape index (κ1) is 17.8. The van der Waals surface area contributed by atoms with Crippen molar-refractivity contribution in [2.24, 2.45) is 0 Å². The molecule has 0 fully saturated rings. The first-order valence-electron chi connectivity index (χ1n) is 8.43.